The van der Waals surface area contributed by atoms with E-state index in [0.29, 0.717) is 19.5 Å². The summed E-state index contributed by atoms with van der Waals surface area (Å²) in [7, 11) is 0. The molecule has 7 heteroatoms. The van der Waals surface area contributed by atoms with Crippen molar-refractivity contribution in [3.8, 4) is 0 Å². The fourth-order valence-electron chi connectivity index (χ4n) is 3.72. The van der Waals surface area contributed by atoms with Gasteiger partial charge in [-0.25, -0.2) is 4.79 Å². The highest BCUT2D eigenvalue weighted by atomic mass is 16.5. The molecule has 0 aliphatic heterocycles. The number of nitrogens with zero attached hydrogens (tertiary/aromatic N) is 2. The van der Waals surface area contributed by atoms with Gasteiger partial charge in [0, 0.05) is 25.4 Å². The molecule has 0 saturated heterocycles. The van der Waals surface area contributed by atoms with Gasteiger partial charge in [-0.3, -0.25) is 9.48 Å². The molecule has 1 heterocycles. The number of ether oxygens (including phenoxy) is 1. The van der Waals surface area contributed by atoms with Gasteiger partial charge in [-0.15, -0.1) is 0 Å². The number of carbonyl (C=O) groups is 2. The maximum atomic E-state index is 13.2. The van der Waals surface area contributed by atoms with E-state index in [0.717, 1.165) is 22.3 Å². The van der Waals surface area contributed by atoms with Crippen LogP contribution in [0.1, 0.15) is 22.3 Å². The van der Waals surface area contributed by atoms with Crippen LogP contribution >= 0.6 is 0 Å². The van der Waals surface area contributed by atoms with Gasteiger partial charge in [-0.05, 0) is 28.3 Å². The summed E-state index contributed by atoms with van der Waals surface area (Å²) in [6.45, 7) is 1.08. The van der Waals surface area contributed by atoms with E-state index in [9.17, 15) is 9.59 Å². The molecule has 35 heavy (non-hydrogen) atoms. The standard InChI is InChI=1S/C28H28N4O3/c33-27(29-19-24-14-7-8-15-25(24)20-32-17-9-16-30-32)26(18-22-10-3-1-4-11-22)31-28(34)35-21-23-12-5-2-6-13-23/h1-17,26H,18-21H2,(H,29,33)(H,31,34)/t26-/m0/s1. The predicted molar refractivity (Wildman–Crippen MR) is 133 cm³/mol. The molecule has 4 rings (SSSR count). The summed E-state index contributed by atoms with van der Waals surface area (Å²) in [5, 5.41) is 9.98. The molecular formula is C28H28N4O3. The Hall–Kier alpha value is -4.39. The zero-order chi connectivity index (χ0) is 24.3. The van der Waals surface area contributed by atoms with Crippen LogP contribution in [0.2, 0.25) is 0 Å². The van der Waals surface area contributed by atoms with Crippen LogP contribution in [-0.2, 0) is 35.6 Å². The van der Waals surface area contributed by atoms with Crippen LogP contribution in [0.3, 0.4) is 0 Å². The number of benzene rings is 3. The van der Waals surface area contributed by atoms with Crippen LogP contribution in [0.4, 0.5) is 4.79 Å². The van der Waals surface area contributed by atoms with E-state index in [2.05, 4.69) is 15.7 Å². The number of rotatable bonds is 10. The Morgan fingerprint density at radius 2 is 1.49 bits per heavy atom. The van der Waals surface area contributed by atoms with Crippen molar-refractivity contribution in [2.75, 3.05) is 0 Å². The van der Waals surface area contributed by atoms with Crippen molar-refractivity contribution in [2.45, 2.75) is 32.2 Å². The average Bonchev–Trinajstić information content (AvgIpc) is 3.41. The minimum Gasteiger partial charge on any atom is -0.445 e. The molecule has 0 aliphatic carbocycles. The fraction of sp³-hybridized carbons (Fsp3) is 0.179. The molecule has 0 unspecified atom stereocenters. The third-order valence-corrected chi connectivity index (χ3v) is 5.57. The lowest BCUT2D eigenvalue weighted by molar-refractivity contribution is -0.123. The second-order valence-electron chi connectivity index (χ2n) is 8.14. The third kappa shape index (κ3) is 7.30. The van der Waals surface area contributed by atoms with E-state index in [4.69, 9.17) is 4.74 Å². The van der Waals surface area contributed by atoms with Gasteiger partial charge in [0.1, 0.15) is 12.6 Å². The van der Waals surface area contributed by atoms with Gasteiger partial charge in [0.25, 0.3) is 0 Å². The number of hydrogen-bond acceptors (Lipinski definition) is 4. The van der Waals surface area contributed by atoms with E-state index < -0.39 is 12.1 Å². The van der Waals surface area contributed by atoms with Crippen molar-refractivity contribution >= 4 is 12.0 Å². The molecule has 178 valence electrons. The lowest BCUT2D eigenvalue weighted by atomic mass is 10.0. The number of aromatic nitrogens is 2. The molecule has 1 atom stereocenters. The molecule has 0 radical (unpaired) electrons. The maximum absolute atomic E-state index is 13.2. The molecule has 7 nitrogen and oxygen atoms in total. The van der Waals surface area contributed by atoms with Crippen molar-refractivity contribution in [1.29, 1.82) is 0 Å². The third-order valence-electron chi connectivity index (χ3n) is 5.57. The van der Waals surface area contributed by atoms with E-state index in [1.807, 2.05) is 102 Å². The average molecular weight is 469 g/mol. The Kier molecular flexibility index (Phi) is 8.27. The van der Waals surface area contributed by atoms with Crippen LogP contribution in [0.15, 0.2) is 103 Å². The second-order valence-corrected chi connectivity index (χ2v) is 8.14. The van der Waals surface area contributed by atoms with Gasteiger partial charge in [0.2, 0.25) is 5.91 Å². The van der Waals surface area contributed by atoms with Crippen LogP contribution in [0, 0.1) is 0 Å². The zero-order valence-corrected chi connectivity index (χ0v) is 19.3. The van der Waals surface area contributed by atoms with Gasteiger partial charge in [-0.2, -0.15) is 5.10 Å². The van der Waals surface area contributed by atoms with Crippen molar-refractivity contribution < 1.29 is 14.3 Å². The first kappa shape index (κ1) is 23.8. The van der Waals surface area contributed by atoms with E-state index >= 15 is 0 Å². The Balaban J connectivity index is 1.40. The van der Waals surface area contributed by atoms with Crippen LogP contribution < -0.4 is 10.6 Å². The summed E-state index contributed by atoms with van der Waals surface area (Å²) in [4.78, 5) is 25.7. The van der Waals surface area contributed by atoms with E-state index in [1.54, 1.807) is 6.20 Å². The summed E-state index contributed by atoms with van der Waals surface area (Å²) >= 11 is 0. The molecule has 0 saturated carbocycles. The lowest BCUT2D eigenvalue weighted by Gasteiger charge is -2.19. The molecule has 1 aromatic heterocycles. The molecular weight excluding hydrogens is 440 g/mol. The topological polar surface area (TPSA) is 85.3 Å². The van der Waals surface area contributed by atoms with Crippen molar-refractivity contribution in [3.63, 3.8) is 0 Å². The highest BCUT2D eigenvalue weighted by Gasteiger charge is 2.22. The SMILES string of the molecule is O=C(N[C@@H](Cc1ccccc1)C(=O)NCc1ccccc1Cn1cccn1)OCc1ccccc1. The van der Waals surface area contributed by atoms with Crippen molar-refractivity contribution in [3.05, 3.63) is 126 Å². The molecule has 2 N–H and O–H groups in total. The summed E-state index contributed by atoms with van der Waals surface area (Å²) in [5.74, 6) is -0.278. The molecule has 0 spiro atoms. The van der Waals surface area contributed by atoms with Gasteiger partial charge >= 0.3 is 6.09 Å². The Morgan fingerprint density at radius 3 is 2.17 bits per heavy atom. The number of hydrogen-bond donors (Lipinski definition) is 2. The van der Waals surface area contributed by atoms with E-state index in [1.165, 1.54) is 0 Å². The summed E-state index contributed by atoms with van der Waals surface area (Å²) < 4.78 is 7.18. The molecule has 0 bridgehead atoms. The molecule has 0 fully saturated rings. The monoisotopic (exact) mass is 468 g/mol. The van der Waals surface area contributed by atoms with Crippen molar-refractivity contribution in [2.24, 2.45) is 0 Å². The minimum absolute atomic E-state index is 0.132. The number of amides is 2. The molecule has 2 amide bonds. The first-order valence-corrected chi connectivity index (χ1v) is 11.5. The first-order chi connectivity index (χ1) is 17.2. The molecule has 4 aromatic rings. The minimum atomic E-state index is -0.779. The van der Waals surface area contributed by atoms with E-state index in [-0.39, 0.29) is 12.5 Å². The van der Waals surface area contributed by atoms with Gasteiger partial charge in [0.05, 0.1) is 6.54 Å². The number of carbonyl (C=O) groups excluding carboxylic acids is 2. The lowest BCUT2D eigenvalue weighted by Crippen LogP contribution is -2.48. The number of nitrogens with one attached hydrogen (secondary N) is 2. The van der Waals surface area contributed by atoms with Crippen LogP contribution in [0.25, 0.3) is 0 Å². The van der Waals surface area contributed by atoms with Crippen molar-refractivity contribution in [1.82, 2.24) is 20.4 Å². The quantitative estimate of drug-likeness (QED) is 0.367. The maximum Gasteiger partial charge on any atom is 0.408 e. The fourth-order valence-corrected chi connectivity index (χ4v) is 3.72. The smallest absolute Gasteiger partial charge is 0.408 e. The highest BCUT2D eigenvalue weighted by Crippen LogP contribution is 2.11. The number of alkyl carbamates (subject to hydrolysis) is 1. The van der Waals surface area contributed by atoms with Crippen LogP contribution in [-0.4, -0.2) is 27.8 Å². The second kappa shape index (κ2) is 12.2. The van der Waals surface area contributed by atoms with Crippen LogP contribution in [0.5, 0.6) is 0 Å². The Morgan fingerprint density at radius 1 is 0.829 bits per heavy atom. The predicted octanol–water partition coefficient (Wildman–Crippen LogP) is 4.09. The normalized spacial score (nSPS) is 11.4. The molecule has 3 aromatic carbocycles. The summed E-state index contributed by atoms with van der Waals surface area (Å²) in [6.07, 6.45) is 3.35. The Bertz CT molecular complexity index is 1210. The summed E-state index contributed by atoms with van der Waals surface area (Å²) in [5.41, 5.74) is 3.86. The van der Waals surface area contributed by atoms with Gasteiger partial charge < -0.3 is 15.4 Å². The largest absolute Gasteiger partial charge is 0.445 e. The Labute approximate surface area is 204 Å². The van der Waals surface area contributed by atoms with Gasteiger partial charge in [0.15, 0.2) is 0 Å². The first-order valence-electron chi connectivity index (χ1n) is 11.5. The highest BCUT2D eigenvalue weighted by molar-refractivity contribution is 5.86. The van der Waals surface area contributed by atoms with Gasteiger partial charge in [-0.1, -0.05) is 84.9 Å². The summed E-state index contributed by atoms with van der Waals surface area (Å²) in [6, 6.07) is 28.0. The molecule has 0 aliphatic rings. The zero-order valence-electron chi connectivity index (χ0n) is 19.3.